The Kier molecular flexibility index (Phi) is 7.45. The van der Waals surface area contributed by atoms with Crippen LogP contribution in [0.2, 0.25) is 0 Å². The van der Waals surface area contributed by atoms with Crippen molar-refractivity contribution in [2.45, 2.75) is 37.1 Å². The van der Waals surface area contributed by atoms with E-state index in [2.05, 4.69) is 45.2 Å². The Morgan fingerprint density at radius 2 is 1.97 bits per heavy atom. The van der Waals surface area contributed by atoms with Gasteiger partial charge in [0.05, 0.1) is 18.4 Å². The van der Waals surface area contributed by atoms with E-state index in [1.807, 2.05) is 0 Å². The molecule has 2 saturated heterocycles. The van der Waals surface area contributed by atoms with E-state index in [4.69, 9.17) is 19.4 Å². The average Bonchev–Trinajstić information content (AvgIpc) is 2.72. The first-order chi connectivity index (χ1) is 14.8. The summed E-state index contributed by atoms with van der Waals surface area (Å²) in [6, 6.07) is 10.7. The van der Waals surface area contributed by atoms with Gasteiger partial charge in [-0.1, -0.05) is 30.3 Å². The van der Waals surface area contributed by atoms with Crippen molar-refractivity contribution in [2.75, 3.05) is 26.2 Å². The summed E-state index contributed by atoms with van der Waals surface area (Å²) in [6.07, 6.45) is 3.04. The molecule has 0 saturated carbocycles. The van der Waals surface area contributed by atoms with Gasteiger partial charge in [-0.2, -0.15) is 13.2 Å². The molecule has 0 amide bonds. The molecule has 2 fully saturated rings. The minimum atomic E-state index is -5.08. The SMILES string of the molecule is O=C(O)C(F)(F)F.c1ccc(CCN2CC3(CC(Oc4cnccn4)CCO3)C2)cc1. The van der Waals surface area contributed by atoms with Crippen LogP contribution in [0.15, 0.2) is 48.9 Å². The number of hydrogen-bond donors (Lipinski definition) is 1. The van der Waals surface area contributed by atoms with Crippen molar-refractivity contribution < 1.29 is 32.5 Å². The van der Waals surface area contributed by atoms with Crippen LogP contribution in [0.5, 0.6) is 5.88 Å². The number of nitrogens with zero attached hydrogens (tertiary/aromatic N) is 3. The third-order valence-electron chi connectivity index (χ3n) is 5.10. The minimum absolute atomic E-state index is 0.0260. The average molecular weight is 439 g/mol. The smallest absolute Gasteiger partial charge is 0.475 e. The minimum Gasteiger partial charge on any atom is -0.475 e. The highest BCUT2D eigenvalue weighted by Crippen LogP contribution is 2.35. The standard InChI is InChI=1S/C19H23N3O2.C2HF3O2/c1-2-4-16(5-3-1)6-10-22-14-19(15-22)12-17(7-11-23-19)24-18-13-20-8-9-21-18;3-2(4,5)1(6)7/h1-5,8-9,13,17H,6-7,10-12,14-15H2;(H,6,7). The van der Waals surface area contributed by atoms with Crippen LogP contribution in [0.1, 0.15) is 18.4 Å². The number of likely N-dealkylation sites (tertiary alicyclic amines) is 1. The number of aromatic nitrogens is 2. The van der Waals surface area contributed by atoms with Gasteiger partial charge in [0.15, 0.2) is 0 Å². The van der Waals surface area contributed by atoms with Crippen LogP contribution in [-0.4, -0.2) is 70.1 Å². The van der Waals surface area contributed by atoms with Crippen molar-refractivity contribution in [3.05, 3.63) is 54.5 Å². The lowest BCUT2D eigenvalue weighted by Crippen LogP contribution is -2.66. The maximum Gasteiger partial charge on any atom is 0.490 e. The van der Waals surface area contributed by atoms with Crippen LogP contribution < -0.4 is 4.74 Å². The summed E-state index contributed by atoms with van der Waals surface area (Å²) in [5.41, 5.74) is 1.37. The summed E-state index contributed by atoms with van der Waals surface area (Å²) >= 11 is 0. The maximum absolute atomic E-state index is 10.6. The first kappa shape index (κ1) is 23.0. The Balaban J connectivity index is 0.000000339. The van der Waals surface area contributed by atoms with Gasteiger partial charge in [0.25, 0.3) is 0 Å². The molecule has 0 radical (unpaired) electrons. The van der Waals surface area contributed by atoms with Crippen molar-refractivity contribution in [2.24, 2.45) is 0 Å². The van der Waals surface area contributed by atoms with E-state index in [1.54, 1.807) is 18.6 Å². The Morgan fingerprint density at radius 3 is 2.58 bits per heavy atom. The Morgan fingerprint density at radius 1 is 1.26 bits per heavy atom. The van der Waals surface area contributed by atoms with Gasteiger partial charge in [-0.05, 0) is 12.0 Å². The molecule has 1 aromatic heterocycles. The molecule has 168 valence electrons. The quantitative estimate of drug-likeness (QED) is 0.767. The number of rotatable bonds is 5. The highest BCUT2D eigenvalue weighted by Gasteiger charge is 2.47. The Labute approximate surface area is 177 Å². The predicted octanol–water partition coefficient (Wildman–Crippen LogP) is 2.96. The molecule has 0 aliphatic carbocycles. The second kappa shape index (κ2) is 10.1. The molecule has 7 nitrogen and oxygen atoms in total. The second-order valence-electron chi connectivity index (χ2n) is 7.56. The predicted molar refractivity (Wildman–Crippen MR) is 105 cm³/mol. The molecule has 2 aliphatic heterocycles. The molecule has 1 atom stereocenters. The highest BCUT2D eigenvalue weighted by molar-refractivity contribution is 5.73. The molecular weight excluding hydrogens is 415 g/mol. The van der Waals surface area contributed by atoms with E-state index in [0.717, 1.165) is 45.5 Å². The lowest BCUT2D eigenvalue weighted by molar-refractivity contribution is -0.192. The number of ether oxygens (including phenoxy) is 2. The molecule has 1 aromatic carbocycles. The van der Waals surface area contributed by atoms with Crippen LogP contribution in [0.25, 0.3) is 0 Å². The van der Waals surface area contributed by atoms with Crippen molar-refractivity contribution in [1.82, 2.24) is 14.9 Å². The van der Waals surface area contributed by atoms with E-state index in [9.17, 15) is 13.2 Å². The number of carbonyl (C=O) groups is 1. The zero-order valence-corrected chi connectivity index (χ0v) is 16.8. The van der Waals surface area contributed by atoms with E-state index in [1.165, 1.54) is 5.56 Å². The lowest BCUT2D eigenvalue weighted by Gasteiger charge is -2.53. The Hall–Kier alpha value is -2.72. The molecule has 0 bridgehead atoms. The molecule has 1 unspecified atom stereocenters. The van der Waals surface area contributed by atoms with Crippen molar-refractivity contribution in [1.29, 1.82) is 0 Å². The number of aliphatic carboxylic acids is 1. The van der Waals surface area contributed by atoms with Gasteiger partial charge in [0, 0.05) is 44.9 Å². The fourth-order valence-electron chi connectivity index (χ4n) is 3.68. The van der Waals surface area contributed by atoms with E-state index in [-0.39, 0.29) is 11.7 Å². The molecule has 2 aliphatic rings. The number of hydrogen-bond acceptors (Lipinski definition) is 6. The lowest BCUT2D eigenvalue weighted by atomic mass is 9.84. The number of carboxylic acids is 1. The van der Waals surface area contributed by atoms with Gasteiger partial charge >= 0.3 is 12.1 Å². The van der Waals surface area contributed by atoms with E-state index >= 15 is 0 Å². The highest BCUT2D eigenvalue weighted by atomic mass is 19.4. The third-order valence-corrected chi connectivity index (χ3v) is 5.10. The maximum atomic E-state index is 10.6. The summed E-state index contributed by atoms with van der Waals surface area (Å²) in [6.45, 7) is 3.85. The van der Waals surface area contributed by atoms with Crippen molar-refractivity contribution >= 4 is 5.97 Å². The number of alkyl halides is 3. The summed E-state index contributed by atoms with van der Waals surface area (Å²) < 4.78 is 43.8. The van der Waals surface area contributed by atoms with E-state index < -0.39 is 12.1 Å². The van der Waals surface area contributed by atoms with Gasteiger partial charge in [-0.3, -0.25) is 9.88 Å². The number of benzene rings is 1. The largest absolute Gasteiger partial charge is 0.490 e. The van der Waals surface area contributed by atoms with Crippen LogP contribution in [0.4, 0.5) is 13.2 Å². The topological polar surface area (TPSA) is 84.8 Å². The molecular formula is C21H24F3N3O4. The zero-order valence-electron chi connectivity index (χ0n) is 16.8. The molecule has 10 heteroatoms. The number of carboxylic acid groups (broad SMARTS) is 1. The van der Waals surface area contributed by atoms with Gasteiger partial charge in [-0.25, -0.2) is 9.78 Å². The number of halogens is 3. The Bertz CT molecular complexity index is 831. The van der Waals surface area contributed by atoms with Crippen LogP contribution >= 0.6 is 0 Å². The summed E-state index contributed by atoms with van der Waals surface area (Å²) in [7, 11) is 0. The summed E-state index contributed by atoms with van der Waals surface area (Å²) in [5.74, 6) is -2.15. The molecule has 1 spiro atoms. The van der Waals surface area contributed by atoms with Gasteiger partial charge in [0.2, 0.25) is 5.88 Å². The van der Waals surface area contributed by atoms with Gasteiger partial charge in [-0.15, -0.1) is 0 Å². The summed E-state index contributed by atoms with van der Waals surface area (Å²) in [5, 5.41) is 7.12. The molecule has 31 heavy (non-hydrogen) atoms. The van der Waals surface area contributed by atoms with Gasteiger partial charge < -0.3 is 14.6 Å². The van der Waals surface area contributed by atoms with Crippen molar-refractivity contribution in [3.63, 3.8) is 0 Å². The normalized spacial score (nSPS) is 20.3. The molecule has 3 heterocycles. The van der Waals surface area contributed by atoms with Gasteiger partial charge in [0.1, 0.15) is 6.10 Å². The fourth-order valence-corrected chi connectivity index (χ4v) is 3.68. The first-order valence-corrected chi connectivity index (χ1v) is 9.89. The zero-order chi connectivity index (χ0) is 22.3. The van der Waals surface area contributed by atoms with Crippen molar-refractivity contribution in [3.8, 4) is 5.88 Å². The monoisotopic (exact) mass is 439 g/mol. The third kappa shape index (κ3) is 6.90. The first-order valence-electron chi connectivity index (χ1n) is 9.89. The molecule has 1 N–H and O–H groups in total. The summed E-state index contributed by atoms with van der Waals surface area (Å²) in [4.78, 5) is 19.6. The van der Waals surface area contributed by atoms with Crippen LogP contribution in [0.3, 0.4) is 0 Å². The molecule has 4 rings (SSSR count). The fraction of sp³-hybridized carbons (Fsp3) is 0.476. The van der Waals surface area contributed by atoms with E-state index in [0.29, 0.717) is 5.88 Å². The van der Waals surface area contributed by atoms with Crippen LogP contribution in [-0.2, 0) is 16.0 Å². The molecule has 2 aromatic rings. The second-order valence-corrected chi connectivity index (χ2v) is 7.56. The van der Waals surface area contributed by atoms with Crippen LogP contribution in [0, 0.1) is 0 Å².